The minimum atomic E-state index is -3.63. The monoisotopic (exact) mass is 403 g/mol. The molecule has 0 unspecified atom stereocenters. The molecule has 0 radical (unpaired) electrons. The van der Waals surface area contributed by atoms with Gasteiger partial charge in [-0.15, -0.1) is 0 Å². The van der Waals surface area contributed by atoms with Crippen LogP contribution in [0, 0.1) is 0 Å². The number of rotatable bonds is 5. The van der Waals surface area contributed by atoms with Crippen LogP contribution in [0.25, 0.3) is 0 Å². The summed E-state index contributed by atoms with van der Waals surface area (Å²) < 4.78 is 25.5. The lowest BCUT2D eigenvalue weighted by atomic mass is 10.1. The van der Waals surface area contributed by atoms with Crippen molar-refractivity contribution in [3.05, 3.63) is 59.7 Å². The summed E-state index contributed by atoms with van der Waals surface area (Å²) in [5.41, 5.74) is 0.852. The Morgan fingerprint density at radius 3 is 2.04 bits per heavy atom. The first-order valence-corrected chi connectivity index (χ1v) is 10.1. The molecule has 28 heavy (non-hydrogen) atoms. The highest BCUT2D eigenvalue weighted by molar-refractivity contribution is 7.89. The van der Waals surface area contributed by atoms with E-state index < -0.39 is 15.9 Å². The first kappa shape index (κ1) is 21.6. The van der Waals surface area contributed by atoms with Gasteiger partial charge in [0.15, 0.2) is 0 Å². The van der Waals surface area contributed by atoms with Gasteiger partial charge in [0.05, 0.1) is 4.90 Å². The van der Waals surface area contributed by atoms with Crippen LogP contribution in [-0.2, 0) is 10.0 Å². The number of sulfonamides is 1. The second kappa shape index (κ2) is 8.12. The number of anilines is 1. The quantitative estimate of drug-likeness (QED) is 0.802. The zero-order chi connectivity index (χ0) is 21.1. The molecule has 0 spiro atoms. The van der Waals surface area contributed by atoms with Crippen LogP contribution in [0.15, 0.2) is 53.4 Å². The maximum atomic E-state index is 12.5. The Balaban J connectivity index is 2.15. The maximum absolute atomic E-state index is 12.5. The molecule has 0 saturated carbocycles. The van der Waals surface area contributed by atoms with Crippen LogP contribution in [0.3, 0.4) is 0 Å². The van der Waals surface area contributed by atoms with E-state index in [1.165, 1.54) is 38.4 Å². The molecule has 0 aliphatic rings. The van der Waals surface area contributed by atoms with Gasteiger partial charge in [-0.1, -0.05) is 6.07 Å². The molecule has 2 rings (SSSR count). The average molecular weight is 404 g/mol. The summed E-state index contributed by atoms with van der Waals surface area (Å²) in [6.07, 6.45) is 0. The van der Waals surface area contributed by atoms with E-state index in [0.29, 0.717) is 11.3 Å². The fourth-order valence-electron chi connectivity index (χ4n) is 2.33. The number of hydrogen-bond donors (Lipinski definition) is 2. The van der Waals surface area contributed by atoms with Crippen molar-refractivity contribution in [1.29, 1.82) is 0 Å². The van der Waals surface area contributed by atoms with Gasteiger partial charge in [-0.3, -0.25) is 9.59 Å². The Labute approximate surface area is 165 Å². The fourth-order valence-corrected chi connectivity index (χ4v) is 3.28. The summed E-state index contributed by atoms with van der Waals surface area (Å²) in [5.74, 6) is -0.644. The van der Waals surface area contributed by atoms with E-state index in [-0.39, 0.29) is 21.9 Å². The van der Waals surface area contributed by atoms with Crippen molar-refractivity contribution < 1.29 is 18.0 Å². The third-order valence-corrected chi connectivity index (χ3v) is 5.58. The zero-order valence-electron chi connectivity index (χ0n) is 16.6. The average Bonchev–Trinajstić information content (AvgIpc) is 2.60. The van der Waals surface area contributed by atoms with Gasteiger partial charge in [-0.05, 0) is 63.2 Å². The fraction of sp³-hybridized carbons (Fsp3) is 0.300. The van der Waals surface area contributed by atoms with Crippen LogP contribution in [0.4, 0.5) is 5.69 Å². The third kappa shape index (κ3) is 5.40. The standard InChI is InChI=1S/C20H25N3O4S/c1-20(2,3)22-19(25)14-9-11-16(12-10-14)21-18(24)15-7-6-8-17(13-15)28(26,27)23(4)5/h6-13H,1-5H3,(H,21,24)(H,22,25). The lowest BCUT2D eigenvalue weighted by molar-refractivity contribution is 0.0919. The molecule has 0 aromatic heterocycles. The van der Waals surface area contributed by atoms with E-state index in [1.807, 2.05) is 20.8 Å². The topological polar surface area (TPSA) is 95.6 Å². The van der Waals surface area contributed by atoms with Crippen LogP contribution in [-0.4, -0.2) is 44.2 Å². The van der Waals surface area contributed by atoms with Crippen LogP contribution >= 0.6 is 0 Å². The van der Waals surface area contributed by atoms with Crippen molar-refractivity contribution in [2.45, 2.75) is 31.2 Å². The van der Waals surface area contributed by atoms with Gasteiger partial charge < -0.3 is 10.6 Å². The number of amides is 2. The molecule has 0 aliphatic carbocycles. The second-order valence-electron chi connectivity index (χ2n) is 7.55. The first-order chi connectivity index (χ1) is 12.9. The molecular weight excluding hydrogens is 378 g/mol. The van der Waals surface area contributed by atoms with Gasteiger partial charge in [-0.2, -0.15) is 0 Å². The summed E-state index contributed by atoms with van der Waals surface area (Å²) >= 11 is 0. The largest absolute Gasteiger partial charge is 0.347 e. The molecule has 2 N–H and O–H groups in total. The number of nitrogens with one attached hydrogen (secondary N) is 2. The van der Waals surface area contributed by atoms with Crippen LogP contribution in [0.5, 0.6) is 0 Å². The third-order valence-electron chi connectivity index (χ3n) is 3.77. The second-order valence-corrected chi connectivity index (χ2v) is 9.70. The molecule has 2 amide bonds. The molecular formula is C20H25N3O4S. The van der Waals surface area contributed by atoms with Gasteiger partial charge >= 0.3 is 0 Å². The van der Waals surface area contributed by atoms with Gasteiger partial charge in [-0.25, -0.2) is 12.7 Å². The molecule has 2 aromatic carbocycles. The smallest absolute Gasteiger partial charge is 0.255 e. The number of hydrogen-bond acceptors (Lipinski definition) is 4. The van der Waals surface area contributed by atoms with Crippen LogP contribution in [0.2, 0.25) is 0 Å². The van der Waals surface area contributed by atoms with Gasteiger partial charge in [0.2, 0.25) is 10.0 Å². The lowest BCUT2D eigenvalue weighted by Gasteiger charge is -2.20. The molecule has 0 atom stereocenters. The summed E-state index contributed by atoms with van der Waals surface area (Å²) in [6, 6.07) is 12.3. The SMILES string of the molecule is CN(C)S(=O)(=O)c1cccc(C(=O)Nc2ccc(C(=O)NC(C)(C)C)cc2)c1. The van der Waals surface area contributed by atoms with E-state index in [9.17, 15) is 18.0 Å². The molecule has 0 fully saturated rings. The summed E-state index contributed by atoms with van der Waals surface area (Å²) in [7, 11) is -0.767. The normalized spacial score (nSPS) is 11.9. The number of carbonyl (C=O) groups is 2. The number of carbonyl (C=O) groups excluding carboxylic acids is 2. The van der Waals surface area contributed by atoms with Crippen molar-refractivity contribution in [2.24, 2.45) is 0 Å². The van der Waals surface area contributed by atoms with Gasteiger partial charge in [0, 0.05) is 36.4 Å². The Bertz CT molecular complexity index is 975. The molecule has 0 heterocycles. The molecule has 2 aromatic rings. The van der Waals surface area contributed by atoms with Crippen molar-refractivity contribution in [3.8, 4) is 0 Å². The maximum Gasteiger partial charge on any atom is 0.255 e. The number of benzene rings is 2. The van der Waals surface area contributed by atoms with E-state index in [0.717, 1.165) is 4.31 Å². The van der Waals surface area contributed by atoms with Gasteiger partial charge in [0.25, 0.3) is 11.8 Å². The summed E-state index contributed by atoms with van der Waals surface area (Å²) in [6.45, 7) is 5.68. The molecule has 8 heteroatoms. The highest BCUT2D eigenvalue weighted by Gasteiger charge is 2.19. The van der Waals surface area contributed by atoms with Crippen molar-refractivity contribution in [2.75, 3.05) is 19.4 Å². The van der Waals surface area contributed by atoms with Crippen molar-refractivity contribution >= 4 is 27.5 Å². The summed E-state index contributed by atoms with van der Waals surface area (Å²) in [4.78, 5) is 24.7. The minimum Gasteiger partial charge on any atom is -0.347 e. The summed E-state index contributed by atoms with van der Waals surface area (Å²) in [5, 5.41) is 5.57. The molecule has 0 bridgehead atoms. The molecule has 0 saturated heterocycles. The number of nitrogens with zero attached hydrogens (tertiary/aromatic N) is 1. The predicted octanol–water partition coefficient (Wildman–Crippen LogP) is 2.72. The minimum absolute atomic E-state index is 0.0411. The Kier molecular flexibility index (Phi) is 6.26. The molecule has 150 valence electrons. The zero-order valence-corrected chi connectivity index (χ0v) is 17.4. The van der Waals surface area contributed by atoms with Crippen molar-refractivity contribution in [1.82, 2.24) is 9.62 Å². The van der Waals surface area contributed by atoms with Crippen LogP contribution < -0.4 is 10.6 Å². The highest BCUT2D eigenvalue weighted by Crippen LogP contribution is 2.17. The van der Waals surface area contributed by atoms with Crippen molar-refractivity contribution in [3.63, 3.8) is 0 Å². The lowest BCUT2D eigenvalue weighted by Crippen LogP contribution is -2.40. The first-order valence-electron chi connectivity index (χ1n) is 8.67. The Morgan fingerprint density at radius 2 is 1.50 bits per heavy atom. The van der Waals surface area contributed by atoms with E-state index in [1.54, 1.807) is 24.3 Å². The molecule has 7 nitrogen and oxygen atoms in total. The van der Waals surface area contributed by atoms with E-state index in [2.05, 4.69) is 10.6 Å². The Morgan fingerprint density at radius 1 is 0.893 bits per heavy atom. The predicted molar refractivity (Wildman–Crippen MR) is 109 cm³/mol. The van der Waals surface area contributed by atoms with E-state index >= 15 is 0 Å². The Hall–Kier alpha value is -2.71. The van der Waals surface area contributed by atoms with E-state index in [4.69, 9.17) is 0 Å². The van der Waals surface area contributed by atoms with Gasteiger partial charge in [0.1, 0.15) is 0 Å². The van der Waals surface area contributed by atoms with Crippen LogP contribution in [0.1, 0.15) is 41.5 Å². The highest BCUT2D eigenvalue weighted by atomic mass is 32.2. The molecule has 0 aliphatic heterocycles.